The molecule has 0 radical (unpaired) electrons. The molecule has 3 heteroatoms. The first-order chi connectivity index (χ1) is 8.68. The summed E-state index contributed by atoms with van der Waals surface area (Å²) in [6.45, 7) is 2.67. The zero-order chi connectivity index (χ0) is 13.2. The number of carbonyl (C=O) groups is 1. The molecule has 0 aliphatic carbocycles. The van der Waals surface area contributed by atoms with Crippen molar-refractivity contribution >= 4 is 5.78 Å². The molecule has 0 amide bonds. The summed E-state index contributed by atoms with van der Waals surface area (Å²) in [7, 11) is 0. The van der Waals surface area contributed by atoms with Crippen LogP contribution < -0.4 is 0 Å². The zero-order valence-electron chi connectivity index (χ0n) is 10.7. The van der Waals surface area contributed by atoms with E-state index in [0.717, 1.165) is 12.0 Å². The van der Waals surface area contributed by atoms with Gasteiger partial charge in [-0.05, 0) is 31.4 Å². The highest BCUT2D eigenvalue weighted by Crippen LogP contribution is 2.03. The summed E-state index contributed by atoms with van der Waals surface area (Å²) in [6, 6.07) is 9.97. The van der Waals surface area contributed by atoms with Gasteiger partial charge in [-0.1, -0.05) is 36.4 Å². The van der Waals surface area contributed by atoms with E-state index in [1.54, 1.807) is 0 Å². The molecule has 0 fully saturated rings. The normalized spacial score (nSPS) is 12.8. The van der Waals surface area contributed by atoms with E-state index in [0.29, 0.717) is 19.6 Å². The molecule has 1 aromatic rings. The second-order valence-electron chi connectivity index (χ2n) is 4.22. The maximum Gasteiger partial charge on any atom is 0.152 e. The van der Waals surface area contributed by atoms with Crippen molar-refractivity contribution in [3.63, 3.8) is 0 Å². The molecule has 0 saturated heterocycles. The first kappa shape index (κ1) is 14.6. The van der Waals surface area contributed by atoms with Crippen LogP contribution in [-0.2, 0) is 16.1 Å². The van der Waals surface area contributed by atoms with Crippen molar-refractivity contribution in [2.75, 3.05) is 6.61 Å². The number of carbonyl (C=O) groups excluding carboxylic acids is 1. The van der Waals surface area contributed by atoms with Crippen LogP contribution in [0.2, 0.25) is 0 Å². The Hall–Kier alpha value is -1.45. The third-order valence-electron chi connectivity index (χ3n) is 2.45. The Labute approximate surface area is 108 Å². The van der Waals surface area contributed by atoms with Gasteiger partial charge in [-0.25, -0.2) is 0 Å². The molecule has 1 aromatic carbocycles. The summed E-state index contributed by atoms with van der Waals surface area (Å²) in [4.78, 5) is 10.7. The summed E-state index contributed by atoms with van der Waals surface area (Å²) < 4.78 is 5.49. The molecule has 0 saturated carbocycles. The van der Waals surface area contributed by atoms with Gasteiger partial charge in [0, 0.05) is 6.61 Å². The summed E-state index contributed by atoms with van der Waals surface area (Å²) in [6.07, 6.45) is 3.75. The summed E-state index contributed by atoms with van der Waals surface area (Å²) in [5.74, 6) is -0.0469. The molecule has 3 nitrogen and oxygen atoms in total. The zero-order valence-corrected chi connectivity index (χ0v) is 10.7. The van der Waals surface area contributed by atoms with Gasteiger partial charge in [0.25, 0.3) is 0 Å². The van der Waals surface area contributed by atoms with Gasteiger partial charge in [0.15, 0.2) is 5.78 Å². The molecular formula is C15H20O3. The molecule has 0 aliphatic rings. The second-order valence-corrected chi connectivity index (χ2v) is 4.22. The minimum Gasteiger partial charge on any atom is -0.389 e. The number of ketones is 1. The van der Waals surface area contributed by atoms with Gasteiger partial charge in [0.2, 0.25) is 0 Å². The molecular weight excluding hydrogens is 228 g/mol. The van der Waals surface area contributed by atoms with E-state index < -0.39 is 6.10 Å². The third-order valence-corrected chi connectivity index (χ3v) is 2.45. The number of hydrogen-bond donors (Lipinski definition) is 1. The lowest BCUT2D eigenvalue weighted by Crippen LogP contribution is -2.05. The Morgan fingerprint density at radius 1 is 1.39 bits per heavy atom. The number of ether oxygens (including phenoxy) is 1. The van der Waals surface area contributed by atoms with Gasteiger partial charge in [-0.3, -0.25) is 4.79 Å². The Balaban J connectivity index is 2.07. The molecule has 1 atom stereocenters. The predicted molar refractivity (Wildman–Crippen MR) is 71.2 cm³/mol. The smallest absolute Gasteiger partial charge is 0.152 e. The van der Waals surface area contributed by atoms with Crippen molar-refractivity contribution in [1.29, 1.82) is 0 Å². The van der Waals surface area contributed by atoms with E-state index in [9.17, 15) is 9.90 Å². The average molecular weight is 248 g/mol. The van der Waals surface area contributed by atoms with Crippen LogP contribution in [0, 0.1) is 0 Å². The van der Waals surface area contributed by atoms with Crippen LogP contribution in [0.4, 0.5) is 0 Å². The van der Waals surface area contributed by atoms with Crippen LogP contribution in [0.5, 0.6) is 0 Å². The van der Waals surface area contributed by atoms with Crippen molar-refractivity contribution in [3.05, 3.63) is 48.0 Å². The molecule has 1 unspecified atom stereocenters. The molecule has 0 aliphatic heterocycles. The molecule has 1 N–H and O–H groups in total. The number of hydrogen-bond acceptors (Lipinski definition) is 3. The highest BCUT2D eigenvalue weighted by atomic mass is 16.5. The average Bonchev–Trinajstić information content (AvgIpc) is 2.37. The molecule has 98 valence electrons. The van der Waals surface area contributed by atoms with Crippen LogP contribution >= 0.6 is 0 Å². The lowest BCUT2D eigenvalue weighted by Gasteiger charge is -2.06. The molecule has 0 spiro atoms. The number of benzene rings is 1. The fourth-order valence-electron chi connectivity index (χ4n) is 1.50. The lowest BCUT2D eigenvalue weighted by molar-refractivity contribution is -0.112. The van der Waals surface area contributed by atoms with E-state index in [4.69, 9.17) is 4.74 Å². The highest BCUT2D eigenvalue weighted by Gasteiger charge is 1.99. The fourth-order valence-corrected chi connectivity index (χ4v) is 1.50. The number of allylic oxidation sites excluding steroid dienone is 1. The monoisotopic (exact) mass is 248 g/mol. The molecule has 18 heavy (non-hydrogen) atoms. The maximum absolute atomic E-state index is 10.7. The van der Waals surface area contributed by atoms with Crippen molar-refractivity contribution in [2.45, 2.75) is 32.5 Å². The van der Waals surface area contributed by atoms with Gasteiger partial charge in [0.1, 0.15) is 0 Å². The Kier molecular flexibility index (Phi) is 6.99. The minimum absolute atomic E-state index is 0.0469. The van der Waals surface area contributed by atoms with Crippen molar-refractivity contribution in [1.82, 2.24) is 0 Å². The molecule has 1 rings (SSSR count). The first-order valence-corrected chi connectivity index (χ1v) is 6.17. The van der Waals surface area contributed by atoms with Crippen LogP contribution in [0.3, 0.4) is 0 Å². The van der Waals surface area contributed by atoms with E-state index in [1.807, 2.05) is 30.3 Å². The fraction of sp³-hybridized carbons (Fsp3) is 0.400. The number of aliphatic hydroxyl groups excluding tert-OH is 1. The van der Waals surface area contributed by atoms with E-state index in [2.05, 4.69) is 0 Å². The minimum atomic E-state index is -0.561. The van der Waals surface area contributed by atoms with Gasteiger partial charge >= 0.3 is 0 Å². The summed E-state index contributed by atoms with van der Waals surface area (Å²) in [5, 5.41) is 9.52. The lowest BCUT2D eigenvalue weighted by atomic mass is 10.2. The van der Waals surface area contributed by atoms with Crippen LogP contribution in [0.1, 0.15) is 25.3 Å². The van der Waals surface area contributed by atoms with Gasteiger partial charge in [-0.15, -0.1) is 0 Å². The van der Waals surface area contributed by atoms with Crippen molar-refractivity contribution in [2.24, 2.45) is 0 Å². The SMILES string of the molecule is CC(=O)/C=C/C(O)CCCOCc1ccccc1. The van der Waals surface area contributed by atoms with Gasteiger partial charge in [-0.2, -0.15) is 0 Å². The van der Waals surface area contributed by atoms with E-state index in [-0.39, 0.29) is 5.78 Å². The summed E-state index contributed by atoms with van der Waals surface area (Å²) in [5.41, 5.74) is 1.15. The maximum atomic E-state index is 10.7. The van der Waals surface area contributed by atoms with Crippen LogP contribution in [0.15, 0.2) is 42.5 Å². The van der Waals surface area contributed by atoms with Gasteiger partial charge < -0.3 is 9.84 Å². The number of aliphatic hydroxyl groups is 1. The second kappa shape index (κ2) is 8.61. The molecule has 0 heterocycles. The number of rotatable bonds is 8. The highest BCUT2D eigenvalue weighted by molar-refractivity contribution is 5.87. The third kappa shape index (κ3) is 6.99. The van der Waals surface area contributed by atoms with Crippen LogP contribution in [0.25, 0.3) is 0 Å². The quantitative estimate of drug-likeness (QED) is 0.568. The van der Waals surface area contributed by atoms with E-state index >= 15 is 0 Å². The van der Waals surface area contributed by atoms with E-state index in [1.165, 1.54) is 19.1 Å². The Morgan fingerprint density at radius 3 is 2.78 bits per heavy atom. The predicted octanol–water partition coefficient (Wildman–Crippen LogP) is 2.49. The molecule has 0 bridgehead atoms. The molecule has 0 aromatic heterocycles. The Bertz CT molecular complexity index is 371. The largest absolute Gasteiger partial charge is 0.389 e. The van der Waals surface area contributed by atoms with Crippen LogP contribution in [-0.4, -0.2) is 23.6 Å². The standard InChI is InChI=1S/C15H20O3/c1-13(16)9-10-15(17)8-5-11-18-12-14-6-3-2-4-7-14/h2-4,6-7,9-10,15,17H,5,8,11-12H2,1H3/b10-9+. The van der Waals surface area contributed by atoms with Crippen molar-refractivity contribution in [3.8, 4) is 0 Å². The topological polar surface area (TPSA) is 46.5 Å². The Morgan fingerprint density at radius 2 is 2.11 bits per heavy atom. The first-order valence-electron chi connectivity index (χ1n) is 6.17. The van der Waals surface area contributed by atoms with Crippen molar-refractivity contribution < 1.29 is 14.6 Å². The summed E-state index contributed by atoms with van der Waals surface area (Å²) >= 11 is 0. The van der Waals surface area contributed by atoms with Gasteiger partial charge in [0.05, 0.1) is 12.7 Å².